The molecule has 0 bridgehead atoms. The normalized spacial score (nSPS) is 12.0. The standard InChI is InChI=1S/C53H35N5/c1-4-17-37(18-5-1)51-54-52(38-19-6-2-7-20-38)56-53(55-51)42-23-14-21-39(32-42)40-22-15-26-44(33-40)58-48-29-13-11-27-45(48)46-34-41-31-30-36-16-10-12-28-47(36)57(49(41)35-50(46)58)43-24-8-3-9-25-43/h1-35H. The molecular formula is C53H35N5. The van der Waals surface area contributed by atoms with Gasteiger partial charge in [-0.1, -0.05) is 158 Å². The molecule has 1 aliphatic heterocycles. The Morgan fingerprint density at radius 2 is 0.845 bits per heavy atom. The molecule has 0 saturated carbocycles. The second-order valence-corrected chi connectivity index (χ2v) is 14.5. The van der Waals surface area contributed by atoms with Crippen LogP contribution >= 0.6 is 0 Å². The van der Waals surface area contributed by atoms with Crippen LogP contribution in [-0.2, 0) is 0 Å². The fraction of sp³-hybridized carbons (Fsp3) is 0. The molecule has 0 fully saturated rings. The van der Waals surface area contributed by atoms with Crippen molar-refractivity contribution in [2.45, 2.75) is 0 Å². The predicted octanol–water partition coefficient (Wildman–Crippen LogP) is 13.6. The number of anilines is 3. The Kier molecular flexibility index (Phi) is 8.07. The maximum absolute atomic E-state index is 5.01. The van der Waals surface area contributed by atoms with Crippen molar-refractivity contribution in [3.63, 3.8) is 0 Å². The minimum atomic E-state index is 0.632. The number of rotatable bonds is 6. The summed E-state index contributed by atoms with van der Waals surface area (Å²) in [5, 5.41) is 2.43. The van der Waals surface area contributed by atoms with Gasteiger partial charge in [0.15, 0.2) is 17.5 Å². The maximum atomic E-state index is 5.01. The second-order valence-electron chi connectivity index (χ2n) is 14.5. The summed E-state index contributed by atoms with van der Waals surface area (Å²) >= 11 is 0. The van der Waals surface area contributed by atoms with Crippen molar-refractivity contribution < 1.29 is 0 Å². The van der Waals surface area contributed by atoms with Gasteiger partial charge >= 0.3 is 0 Å². The van der Waals surface area contributed by atoms with E-state index in [9.17, 15) is 0 Å². The Morgan fingerprint density at radius 1 is 0.310 bits per heavy atom. The molecule has 0 unspecified atom stereocenters. The van der Waals surface area contributed by atoms with Crippen LogP contribution in [0.1, 0.15) is 11.1 Å². The van der Waals surface area contributed by atoms with E-state index < -0.39 is 0 Å². The lowest BCUT2D eigenvalue weighted by Gasteiger charge is -2.27. The summed E-state index contributed by atoms with van der Waals surface area (Å²) in [6.45, 7) is 0. The van der Waals surface area contributed by atoms with Crippen LogP contribution in [0.4, 0.5) is 17.1 Å². The van der Waals surface area contributed by atoms with Gasteiger partial charge in [0.2, 0.25) is 0 Å². The molecule has 5 nitrogen and oxygen atoms in total. The first-order valence-corrected chi connectivity index (χ1v) is 19.5. The second kappa shape index (κ2) is 14.0. The van der Waals surface area contributed by atoms with Gasteiger partial charge in [-0.25, -0.2) is 15.0 Å². The molecule has 0 amide bonds. The third-order valence-corrected chi connectivity index (χ3v) is 11.0. The van der Waals surface area contributed by atoms with Crippen LogP contribution in [0.3, 0.4) is 0 Å². The molecule has 272 valence electrons. The molecule has 0 radical (unpaired) electrons. The van der Waals surface area contributed by atoms with Gasteiger partial charge in [-0.15, -0.1) is 0 Å². The zero-order valence-electron chi connectivity index (χ0n) is 31.4. The van der Waals surface area contributed by atoms with E-state index in [1.165, 1.54) is 21.9 Å². The van der Waals surface area contributed by atoms with Crippen LogP contribution in [0, 0.1) is 0 Å². The summed E-state index contributed by atoms with van der Waals surface area (Å²) in [6, 6.07) is 70.3. The quantitative estimate of drug-likeness (QED) is 0.170. The highest BCUT2D eigenvalue weighted by molar-refractivity contribution is 6.12. The minimum Gasteiger partial charge on any atom is -0.309 e. The molecule has 2 aromatic heterocycles. The Balaban J connectivity index is 1.06. The van der Waals surface area contributed by atoms with Crippen LogP contribution in [0.5, 0.6) is 0 Å². The summed E-state index contributed by atoms with van der Waals surface area (Å²) in [5.41, 5.74) is 14.1. The fourth-order valence-corrected chi connectivity index (χ4v) is 8.22. The number of benzene rings is 8. The lowest BCUT2D eigenvalue weighted by atomic mass is 10.0. The van der Waals surface area contributed by atoms with Crippen LogP contribution in [0.2, 0.25) is 0 Å². The molecule has 0 N–H and O–H groups in total. The number of hydrogen-bond donors (Lipinski definition) is 0. The highest BCUT2D eigenvalue weighted by Gasteiger charge is 2.23. The summed E-state index contributed by atoms with van der Waals surface area (Å²) in [6.07, 6.45) is 4.50. The van der Waals surface area contributed by atoms with E-state index in [4.69, 9.17) is 15.0 Å². The van der Waals surface area contributed by atoms with E-state index in [0.717, 1.165) is 61.6 Å². The van der Waals surface area contributed by atoms with Gasteiger partial charge in [0.25, 0.3) is 0 Å². The molecular weight excluding hydrogens is 707 g/mol. The third-order valence-electron chi connectivity index (χ3n) is 11.0. The third kappa shape index (κ3) is 5.85. The zero-order chi connectivity index (χ0) is 38.4. The predicted molar refractivity (Wildman–Crippen MR) is 240 cm³/mol. The van der Waals surface area contributed by atoms with E-state index >= 15 is 0 Å². The average molecular weight is 742 g/mol. The lowest BCUT2D eigenvalue weighted by molar-refractivity contribution is 1.07. The molecule has 0 spiro atoms. The summed E-state index contributed by atoms with van der Waals surface area (Å²) in [7, 11) is 0. The molecule has 1 aliphatic rings. The largest absolute Gasteiger partial charge is 0.309 e. The number of fused-ring (bicyclic) bond motifs is 5. The Hall–Kier alpha value is -7.89. The first kappa shape index (κ1) is 33.4. The molecule has 10 aromatic rings. The van der Waals surface area contributed by atoms with Crippen LogP contribution in [0.15, 0.2) is 200 Å². The van der Waals surface area contributed by atoms with Crippen molar-refractivity contribution in [3.8, 4) is 51.0 Å². The maximum Gasteiger partial charge on any atom is 0.164 e. The van der Waals surface area contributed by atoms with E-state index in [2.05, 4.69) is 161 Å². The highest BCUT2D eigenvalue weighted by atomic mass is 15.2. The monoisotopic (exact) mass is 741 g/mol. The summed E-state index contributed by atoms with van der Waals surface area (Å²) in [5.74, 6) is 1.92. The van der Waals surface area contributed by atoms with Crippen LogP contribution < -0.4 is 4.90 Å². The van der Waals surface area contributed by atoms with Crippen molar-refractivity contribution >= 4 is 51.0 Å². The molecule has 8 aromatic carbocycles. The smallest absolute Gasteiger partial charge is 0.164 e. The molecule has 5 heteroatoms. The van der Waals surface area contributed by atoms with E-state index in [1.54, 1.807) is 0 Å². The van der Waals surface area contributed by atoms with E-state index in [-0.39, 0.29) is 0 Å². The topological polar surface area (TPSA) is 46.8 Å². The van der Waals surface area contributed by atoms with Crippen LogP contribution in [-0.4, -0.2) is 19.5 Å². The molecule has 0 aliphatic carbocycles. The lowest BCUT2D eigenvalue weighted by Crippen LogP contribution is -2.11. The van der Waals surface area contributed by atoms with Gasteiger partial charge in [-0.2, -0.15) is 0 Å². The number of nitrogens with zero attached hydrogens (tertiary/aromatic N) is 5. The van der Waals surface area contributed by atoms with E-state index in [1.807, 2.05) is 60.7 Å². The number of aromatic nitrogens is 4. The highest BCUT2D eigenvalue weighted by Crippen LogP contribution is 2.45. The number of hydrogen-bond acceptors (Lipinski definition) is 4. The molecule has 3 heterocycles. The van der Waals surface area contributed by atoms with Gasteiger partial charge in [0.05, 0.1) is 22.4 Å². The molecule has 0 atom stereocenters. The van der Waals surface area contributed by atoms with Crippen molar-refractivity contribution in [1.29, 1.82) is 0 Å². The number of para-hydroxylation sites is 3. The van der Waals surface area contributed by atoms with Crippen molar-refractivity contribution in [1.82, 2.24) is 19.5 Å². The Bertz CT molecular complexity index is 3110. The molecule has 11 rings (SSSR count). The summed E-state index contributed by atoms with van der Waals surface area (Å²) < 4.78 is 2.41. The Morgan fingerprint density at radius 3 is 1.59 bits per heavy atom. The van der Waals surface area contributed by atoms with Crippen LogP contribution in [0.25, 0.3) is 84.9 Å². The zero-order valence-corrected chi connectivity index (χ0v) is 31.4. The van der Waals surface area contributed by atoms with Crippen molar-refractivity contribution in [3.05, 3.63) is 211 Å². The average Bonchev–Trinajstić information content (AvgIpc) is 3.53. The minimum absolute atomic E-state index is 0.632. The van der Waals surface area contributed by atoms with E-state index in [0.29, 0.717) is 17.5 Å². The first-order chi connectivity index (χ1) is 28.7. The fourth-order valence-electron chi connectivity index (χ4n) is 8.22. The molecule has 58 heavy (non-hydrogen) atoms. The van der Waals surface area contributed by atoms with Gasteiger partial charge < -0.3 is 9.47 Å². The molecule has 0 saturated heterocycles. The van der Waals surface area contributed by atoms with Crippen molar-refractivity contribution in [2.75, 3.05) is 4.90 Å². The van der Waals surface area contributed by atoms with Gasteiger partial charge in [0, 0.05) is 38.8 Å². The summed E-state index contributed by atoms with van der Waals surface area (Å²) in [4.78, 5) is 17.3. The first-order valence-electron chi connectivity index (χ1n) is 19.5. The van der Waals surface area contributed by atoms with Gasteiger partial charge in [-0.3, -0.25) is 0 Å². The van der Waals surface area contributed by atoms with Gasteiger partial charge in [-0.05, 0) is 76.9 Å². The van der Waals surface area contributed by atoms with Crippen molar-refractivity contribution in [2.24, 2.45) is 0 Å². The SMILES string of the molecule is C1=Cc2cc3c4ccccc4n(-c4cccc(-c5cccc(-c6nc(-c7ccccc7)nc(-c7ccccc7)n6)c5)c4)c3cc2N(c2ccccc2)c2ccccc21. The van der Waals surface area contributed by atoms with Gasteiger partial charge in [0.1, 0.15) is 0 Å². The Labute approximate surface area is 336 Å².